The Kier molecular flexibility index (Phi) is 4.25. The van der Waals surface area contributed by atoms with Gasteiger partial charge in [0.1, 0.15) is 6.07 Å². The molecule has 1 aliphatic rings. The third kappa shape index (κ3) is 2.67. The molecule has 2 nitrogen and oxygen atoms in total. The SMILES string of the molecule is CCCC1CCN(c2c(C)cccc2C#N)CC1. The molecule has 0 aromatic heterocycles. The first-order chi connectivity index (χ1) is 8.76. The van der Waals surface area contributed by atoms with Crippen molar-refractivity contribution in [2.45, 2.75) is 39.5 Å². The predicted octanol–water partition coefficient (Wildman–Crippen LogP) is 3.88. The smallest absolute Gasteiger partial charge is 0.101 e. The van der Waals surface area contributed by atoms with Gasteiger partial charge >= 0.3 is 0 Å². The number of rotatable bonds is 3. The van der Waals surface area contributed by atoms with Crippen LogP contribution in [0.15, 0.2) is 18.2 Å². The van der Waals surface area contributed by atoms with Crippen molar-refractivity contribution in [2.75, 3.05) is 18.0 Å². The third-order valence-electron chi connectivity index (χ3n) is 3.99. The Labute approximate surface area is 110 Å². The minimum absolute atomic E-state index is 0.823. The number of hydrogen-bond donors (Lipinski definition) is 0. The van der Waals surface area contributed by atoms with E-state index >= 15 is 0 Å². The zero-order valence-electron chi connectivity index (χ0n) is 11.4. The molecule has 0 radical (unpaired) electrons. The fourth-order valence-electron chi connectivity index (χ4n) is 3.02. The summed E-state index contributed by atoms with van der Waals surface area (Å²) in [5, 5.41) is 9.23. The highest BCUT2D eigenvalue weighted by Gasteiger charge is 2.21. The Morgan fingerprint density at radius 2 is 2.06 bits per heavy atom. The number of nitrogens with zero attached hydrogens (tertiary/aromatic N) is 2. The number of anilines is 1. The summed E-state index contributed by atoms with van der Waals surface area (Å²) in [4.78, 5) is 2.40. The van der Waals surface area contributed by atoms with Crippen molar-refractivity contribution in [3.8, 4) is 6.07 Å². The Morgan fingerprint density at radius 3 is 2.67 bits per heavy atom. The normalized spacial score (nSPS) is 16.6. The molecule has 0 unspecified atom stereocenters. The molecule has 0 spiro atoms. The molecular formula is C16H22N2. The number of nitriles is 1. The van der Waals surface area contributed by atoms with Crippen LogP contribution < -0.4 is 4.90 Å². The highest BCUT2D eigenvalue weighted by molar-refractivity contribution is 5.64. The molecule has 1 fully saturated rings. The van der Waals surface area contributed by atoms with E-state index in [9.17, 15) is 5.26 Å². The minimum Gasteiger partial charge on any atom is -0.370 e. The van der Waals surface area contributed by atoms with Gasteiger partial charge in [-0.15, -0.1) is 0 Å². The van der Waals surface area contributed by atoms with E-state index < -0.39 is 0 Å². The lowest BCUT2D eigenvalue weighted by Gasteiger charge is -2.35. The topological polar surface area (TPSA) is 27.0 Å². The van der Waals surface area contributed by atoms with E-state index in [0.29, 0.717) is 0 Å². The van der Waals surface area contributed by atoms with Crippen molar-refractivity contribution in [1.29, 1.82) is 5.26 Å². The number of piperidine rings is 1. The molecule has 0 amide bonds. The molecule has 1 saturated heterocycles. The zero-order chi connectivity index (χ0) is 13.0. The largest absolute Gasteiger partial charge is 0.370 e. The first-order valence-corrected chi connectivity index (χ1v) is 7.01. The summed E-state index contributed by atoms with van der Waals surface area (Å²) in [6.07, 6.45) is 5.19. The van der Waals surface area contributed by atoms with Crippen LogP contribution in [0, 0.1) is 24.2 Å². The van der Waals surface area contributed by atoms with Crippen molar-refractivity contribution in [3.63, 3.8) is 0 Å². The maximum Gasteiger partial charge on any atom is 0.101 e. The minimum atomic E-state index is 0.823. The Balaban J connectivity index is 2.13. The molecule has 1 heterocycles. The summed E-state index contributed by atoms with van der Waals surface area (Å²) < 4.78 is 0. The van der Waals surface area contributed by atoms with Crippen LogP contribution in [0.25, 0.3) is 0 Å². The Bertz CT molecular complexity index is 437. The number of aryl methyl sites for hydroxylation is 1. The fraction of sp³-hybridized carbons (Fsp3) is 0.562. The quantitative estimate of drug-likeness (QED) is 0.804. The van der Waals surface area contributed by atoms with Crippen LogP contribution in [0.4, 0.5) is 5.69 Å². The van der Waals surface area contributed by atoms with Gasteiger partial charge in [0.15, 0.2) is 0 Å². The van der Waals surface area contributed by atoms with E-state index in [1.165, 1.54) is 31.2 Å². The van der Waals surface area contributed by atoms with E-state index in [2.05, 4.69) is 30.9 Å². The first kappa shape index (κ1) is 13.0. The van der Waals surface area contributed by atoms with Crippen LogP contribution in [0.2, 0.25) is 0 Å². The number of benzene rings is 1. The van der Waals surface area contributed by atoms with Gasteiger partial charge in [0.05, 0.1) is 11.3 Å². The van der Waals surface area contributed by atoms with Gasteiger partial charge in [-0.3, -0.25) is 0 Å². The van der Waals surface area contributed by atoms with Crippen LogP contribution in [0.5, 0.6) is 0 Å². The summed E-state index contributed by atoms with van der Waals surface area (Å²) in [5.41, 5.74) is 3.21. The average Bonchev–Trinajstić information content (AvgIpc) is 2.40. The zero-order valence-corrected chi connectivity index (χ0v) is 11.4. The van der Waals surface area contributed by atoms with Crippen molar-refractivity contribution in [1.82, 2.24) is 0 Å². The van der Waals surface area contributed by atoms with Crippen molar-refractivity contribution >= 4 is 5.69 Å². The predicted molar refractivity (Wildman–Crippen MR) is 75.7 cm³/mol. The van der Waals surface area contributed by atoms with Gasteiger partial charge < -0.3 is 4.90 Å². The van der Waals surface area contributed by atoms with E-state index in [4.69, 9.17) is 0 Å². The molecule has 18 heavy (non-hydrogen) atoms. The lowest BCUT2D eigenvalue weighted by atomic mass is 9.91. The summed E-state index contributed by atoms with van der Waals surface area (Å²) in [6, 6.07) is 8.34. The molecule has 0 atom stereocenters. The molecule has 0 saturated carbocycles. The first-order valence-electron chi connectivity index (χ1n) is 7.01. The molecule has 96 valence electrons. The van der Waals surface area contributed by atoms with E-state index in [1.807, 2.05) is 12.1 Å². The molecule has 1 aromatic rings. The average molecular weight is 242 g/mol. The molecule has 1 aliphatic heterocycles. The van der Waals surface area contributed by atoms with Gasteiger partial charge in [0, 0.05) is 13.1 Å². The molecule has 0 bridgehead atoms. The standard InChI is InChI=1S/C16H22N2/c1-3-5-14-8-10-18(11-9-14)16-13(2)6-4-7-15(16)12-17/h4,6-7,14H,3,5,8-11H2,1-2H3. The van der Waals surface area contributed by atoms with Crippen LogP contribution in [0.3, 0.4) is 0 Å². The van der Waals surface area contributed by atoms with Gasteiger partial charge in [0.25, 0.3) is 0 Å². The van der Waals surface area contributed by atoms with Crippen LogP contribution in [-0.4, -0.2) is 13.1 Å². The van der Waals surface area contributed by atoms with E-state index in [1.54, 1.807) is 0 Å². The fourth-order valence-corrected chi connectivity index (χ4v) is 3.02. The van der Waals surface area contributed by atoms with Crippen molar-refractivity contribution < 1.29 is 0 Å². The van der Waals surface area contributed by atoms with E-state index in [0.717, 1.165) is 30.3 Å². The summed E-state index contributed by atoms with van der Waals surface area (Å²) in [7, 11) is 0. The third-order valence-corrected chi connectivity index (χ3v) is 3.99. The second-order valence-electron chi connectivity index (χ2n) is 5.30. The Morgan fingerprint density at radius 1 is 1.33 bits per heavy atom. The summed E-state index contributed by atoms with van der Waals surface area (Å²) in [5.74, 6) is 0.890. The van der Waals surface area contributed by atoms with Crippen molar-refractivity contribution in [2.24, 2.45) is 5.92 Å². The number of para-hydroxylation sites is 1. The van der Waals surface area contributed by atoms with Crippen LogP contribution in [-0.2, 0) is 0 Å². The molecule has 2 rings (SSSR count). The van der Waals surface area contributed by atoms with Crippen molar-refractivity contribution in [3.05, 3.63) is 29.3 Å². The van der Waals surface area contributed by atoms with Crippen LogP contribution in [0.1, 0.15) is 43.7 Å². The van der Waals surface area contributed by atoms with Gasteiger partial charge in [0.2, 0.25) is 0 Å². The van der Waals surface area contributed by atoms with Gasteiger partial charge in [-0.05, 0) is 37.3 Å². The molecular weight excluding hydrogens is 220 g/mol. The highest BCUT2D eigenvalue weighted by Crippen LogP contribution is 2.30. The maximum absolute atomic E-state index is 9.23. The molecule has 2 heteroatoms. The summed E-state index contributed by atoms with van der Waals surface area (Å²) >= 11 is 0. The summed E-state index contributed by atoms with van der Waals surface area (Å²) in [6.45, 7) is 6.57. The van der Waals surface area contributed by atoms with E-state index in [-0.39, 0.29) is 0 Å². The number of hydrogen-bond acceptors (Lipinski definition) is 2. The maximum atomic E-state index is 9.23. The monoisotopic (exact) mass is 242 g/mol. The second kappa shape index (κ2) is 5.91. The second-order valence-corrected chi connectivity index (χ2v) is 5.30. The molecule has 0 N–H and O–H groups in total. The van der Waals surface area contributed by atoms with Gasteiger partial charge in [-0.1, -0.05) is 31.9 Å². The highest BCUT2D eigenvalue weighted by atomic mass is 15.1. The molecule has 1 aromatic carbocycles. The Hall–Kier alpha value is -1.49. The lowest BCUT2D eigenvalue weighted by molar-refractivity contribution is 0.378. The van der Waals surface area contributed by atoms with Gasteiger partial charge in [-0.25, -0.2) is 0 Å². The lowest BCUT2D eigenvalue weighted by Crippen LogP contribution is -2.34. The van der Waals surface area contributed by atoms with Gasteiger partial charge in [-0.2, -0.15) is 5.26 Å². The molecule has 0 aliphatic carbocycles. The van der Waals surface area contributed by atoms with Crippen LogP contribution >= 0.6 is 0 Å².